The monoisotopic (exact) mass is 209 g/mol. The van der Waals surface area contributed by atoms with Crippen LogP contribution >= 0.6 is 11.5 Å². The molecular formula is C8H7N3O2S. The van der Waals surface area contributed by atoms with Gasteiger partial charge < -0.3 is 5.32 Å². The summed E-state index contributed by atoms with van der Waals surface area (Å²) in [6.07, 6.45) is 0. The molecule has 14 heavy (non-hydrogen) atoms. The average Bonchev–Trinajstić information content (AvgIpc) is 2.58. The Labute approximate surface area is 83.3 Å². The molecule has 6 heteroatoms. The summed E-state index contributed by atoms with van der Waals surface area (Å²) in [5.74, 6) is 0. The van der Waals surface area contributed by atoms with Crippen molar-refractivity contribution in [2.75, 3.05) is 5.32 Å². The molecule has 0 amide bonds. The van der Waals surface area contributed by atoms with Crippen LogP contribution < -0.4 is 16.2 Å². The summed E-state index contributed by atoms with van der Waals surface area (Å²) in [5.41, 5.74) is 0.343. The van der Waals surface area contributed by atoms with Crippen LogP contribution in [0.3, 0.4) is 0 Å². The summed E-state index contributed by atoms with van der Waals surface area (Å²) in [6, 6.07) is 1.30. The lowest BCUT2D eigenvalue weighted by atomic mass is 10.2. The zero-order valence-corrected chi connectivity index (χ0v) is 8.22. The van der Waals surface area contributed by atoms with E-state index in [1.54, 1.807) is 0 Å². The fraction of sp³-hybridized carbons (Fsp3) is 0.250. The third kappa shape index (κ3) is 1.44. The van der Waals surface area contributed by atoms with E-state index in [4.69, 9.17) is 0 Å². The molecule has 2 rings (SSSR count). The first-order chi connectivity index (χ1) is 6.68. The van der Waals surface area contributed by atoms with Gasteiger partial charge in [0.2, 0.25) is 10.9 Å². The molecule has 0 aliphatic carbocycles. The maximum Gasteiger partial charge on any atom is 0.248 e. The molecule has 0 spiro atoms. The van der Waals surface area contributed by atoms with Crippen molar-refractivity contribution in [1.29, 1.82) is 0 Å². The summed E-state index contributed by atoms with van der Waals surface area (Å²) in [6.45, 7) is 2.34. The minimum atomic E-state index is -0.444. The molecule has 72 valence electrons. The van der Waals surface area contributed by atoms with Crippen LogP contribution in [0.15, 0.2) is 15.7 Å². The zero-order valence-electron chi connectivity index (χ0n) is 7.40. The van der Waals surface area contributed by atoms with Gasteiger partial charge >= 0.3 is 0 Å². The minimum absolute atomic E-state index is 0.378. The molecule has 1 N–H and O–H groups in total. The standard InChI is InChI=1S/C8H7N3O2S/c1-4-7(14-11-10-4)3-9-5-2-6(12)8(5)13/h2,9H,3H2,1H3. The van der Waals surface area contributed by atoms with Crippen molar-refractivity contribution in [2.24, 2.45) is 0 Å². The Bertz CT molecular complexity index is 524. The van der Waals surface area contributed by atoms with E-state index < -0.39 is 10.9 Å². The second-order valence-electron chi connectivity index (χ2n) is 2.89. The third-order valence-corrected chi connectivity index (χ3v) is 2.75. The highest BCUT2D eigenvalue weighted by molar-refractivity contribution is 7.05. The fourth-order valence-electron chi connectivity index (χ4n) is 1.04. The van der Waals surface area contributed by atoms with Gasteiger partial charge in [-0.3, -0.25) is 9.59 Å². The fourth-order valence-corrected chi connectivity index (χ4v) is 1.61. The molecule has 0 radical (unpaired) electrons. The molecule has 1 aromatic heterocycles. The summed E-state index contributed by atoms with van der Waals surface area (Å²) >= 11 is 1.28. The van der Waals surface area contributed by atoms with E-state index in [-0.39, 0.29) is 0 Å². The number of hydrogen-bond acceptors (Lipinski definition) is 6. The van der Waals surface area contributed by atoms with E-state index in [0.717, 1.165) is 10.6 Å². The molecule has 0 fully saturated rings. The first kappa shape index (κ1) is 9.01. The van der Waals surface area contributed by atoms with Gasteiger partial charge in [-0.1, -0.05) is 4.49 Å². The Morgan fingerprint density at radius 1 is 1.50 bits per heavy atom. The van der Waals surface area contributed by atoms with E-state index in [0.29, 0.717) is 12.2 Å². The molecule has 0 aliphatic heterocycles. The van der Waals surface area contributed by atoms with E-state index in [9.17, 15) is 9.59 Å². The minimum Gasteiger partial charge on any atom is -0.377 e. The van der Waals surface area contributed by atoms with E-state index in [2.05, 4.69) is 14.9 Å². The Morgan fingerprint density at radius 2 is 2.29 bits per heavy atom. The maximum absolute atomic E-state index is 10.9. The first-order valence-corrected chi connectivity index (χ1v) is 4.78. The van der Waals surface area contributed by atoms with Crippen LogP contribution in [-0.4, -0.2) is 9.59 Å². The molecule has 0 bridgehead atoms. The van der Waals surface area contributed by atoms with Crippen LogP contribution in [0.4, 0.5) is 5.69 Å². The van der Waals surface area contributed by atoms with Crippen LogP contribution in [-0.2, 0) is 6.54 Å². The van der Waals surface area contributed by atoms with Gasteiger partial charge in [-0.15, -0.1) is 5.10 Å². The van der Waals surface area contributed by atoms with Gasteiger partial charge in [-0.05, 0) is 18.5 Å². The lowest BCUT2D eigenvalue weighted by Crippen LogP contribution is -2.32. The first-order valence-electron chi connectivity index (χ1n) is 4.00. The maximum atomic E-state index is 10.9. The largest absolute Gasteiger partial charge is 0.377 e. The highest BCUT2D eigenvalue weighted by atomic mass is 32.1. The van der Waals surface area contributed by atoms with Crippen molar-refractivity contribution in [1.82, 2.24) is 9.59 Å². The number of aromatic nitrogens is 2. The third-order valence-electron chi connectivity index (χ3n) is 1.93. The number of aryl methyl sites for hydroxylation is 1. The molecule has 0 saturated carbocycles. The Balaban J connectivity index is 2.03. The van der Waals surface area contributed by atoms with Crippen molar-refractivity contribution < 1.29 is 0 Å². The summed E-state index contributed by atoms with van der Waals surface area (Å²) in [4.78, 5) is 22.4. The lowest BCUT2D eigenvalue weighted by molar-refractivity contribution is 1.05. The molecular weight excluding hydrogens is 202 g/mol. The molecule has 2 aromatic rings. The van der Waals surface area contributed by atoms with Crippen LogP contribution in [0.1, 0.15) is 10.6 Å². The Hall–Kier alpha value is -1.56. The van der Waals surface area contributed by atoms with Crippen LogP contribution in [0.5, 0.6) is 0 Å². The van der Waals surface area contributed by atoms with E-state index in [1.807, 2.05) is 6.92 Å². The molecule has 1 aromatic carbocycles. The van der Waals surface area contributed by atoms with Gasteiger partial charge in [0.1, 0.15) is 0 Å². The molecule has 0 saturated heterocycles. The predicted octanol–water partition coefficient (Wildman–Crippen LogP) is 0.0546. The van der Waals surface area contributed by atoms with Crippen LogP contribution in [0.25, 0.3) is 0 Å². The number of nitrogens with one attached hydrogen (secondary N) is 1. The second-order valence-corrected chi connectivity index (χ2v) is 3.73. The quantitative estimate of drug-likeness (QED) is 0.723. The van der Waals surface area contributed by atoms with Gasteiger partial charge in [-0.25, -0.2) is 0 Å². The Morgan fingerprint density at radius 3 is 2.79 bits per heavy atom. The van der Waals surface area contributed by atoms with Gasteiger partial charge in [0, 0.05) is 6.07 Å². The second kappa shape index (κ2) is 3.30. The van der Waals surface area contributed by atoms with Crippen LogP contribution in [0, 0.1) is 6.92 Å². The van der Waals surface area contributed by atoms with Crippen LogP contribution in [0.2, 0.25) is 0 Å². The van der Waals surface area contributed by atoms with Crippen molar-refractivity contribution in [3.63, 3.8) is 0 Å². The van der Waals surface area contributed by atoms with E-state index >= 15 is 0 Å². The molecule has 0 aliphatic rings. The molecule has 0 unspecified atom stereocenters. The summed E-state index contributed by atoms with van der Waals surface area (Å²) in [5, 5.41) is 6.69. The smallest absolute Gasteiger partial charge is 0.248 e. The van der Waals surface area contributed by atoms with Crippen molar-refractivity contribution >= 4 is 17.2 Å². The topological polar surface area (TPSA) is 72.0 Å². The highest BCUT2D eigenvalue weighted by Crippen LogP contribution is 2.10. The van der Waals surface area contributed by atoms with Crippen molar-refractivity contribution in [2.45, 2.75) is 13.5 Å². The number of anilines is 1. The average molecular weight is 209 g/mol. The SMILES string of the molecule is Cc1nnsc1CNc1cc(=O)c1=O. The van der Waals surface area contributed by atoms with Gasteiger partial charge in [0.05, 0.1) is 22.8 Å². The molecule has 5 nitrogen and oxygen atoms in total. The van der Waals surface area contributed by atoms with E-state index in [1.165, 1.54) is 17.6 Å². The zero-order chi connectivity index (χ0) is 10.1. The van der Waals surface area contributed by atoms with Crippen molar-refractivity contribution in [3.8, 4) is 0 Å². The lowest BCUT2D eigenvalue weighted by Gasteiger charge is -2.03. The normalized spacial score (nSPS) is 10.6. The van der Waals surface area contributed by atoms with Gasteiger partial charge in [-0.2, -0.15) is 0 Å². The predicted molar refractivity (Wildman–Crippen MR) is 53.3 cm³/mol. The number of hydrogen-bond donors (Lipinski definition) is 1. The number of rotatable bonds is 3. The summed E-state index contributed by atoms with van der Waals surface area (Å²) < 4.78 is 3.76. The number of nitrogens with zero attached hydrogens (tertiary/aromatic N) is 2. The molecule has 1 heterocycles. The van der Waals surface area contributed by atoms with Gasteiger partial charge in [0.15, 0.2) is 0 Å². The summed E-state index contributed by atoms with van der Waals surface area (Å²) in [7, 11) is 0. The van der Waals surface area contributed by atoms with Gasteiger partial charge in [0.25, 0.3) is 0 Å². The molecule has 0 atom stereocenters. The Kier molecular flexibility index (Phi) is 2.12. The highest BCUT2D eigenvalue weighted by Gasteiger charge is 2.09. The van der Waals surface area contributed by atoms with Crippen molar-refractivity contribution in [3.05, 3.63) is 37.1 Å².